The van der Waals surface area contributed by atoms with Gasteiger partial charge in [0.05, 0.1) is 5.56 Å². The number of carboxylic acid groups (broad SMARTS) is 1. The molecule has 126 valence electrons. The predicted molar refractivity (Wildman–Crippen MR) is 89.9 cm³/mol. The fourth-order valence-electron chi connectivity index (χ4n) is 1.88. The third kappa shape index (κ3) is 4.94. The summed E-state index contributed by atoms with van der Waals surface area (Å²) in [5, 5.41) is 11.5. The lowest BCUT2D eigenvalue weighted by Crippen LogP contribution is -2.24. The first-order chi connectivity index (χ1) is 11.4. The number of amides is 1. The maximum atomic E-state index is 13.8. The molecule has 0 spiro atoms. The number of benzene rings is 2. The van der Waals surface area contributed by atoms with Crippen molar-refractivity contribution in [3.8, 4) is 5.75 Å². The number of nitrogens with one attached hydrogen (secondary N) is 1. The lowest BCUT2D eigenvalue weighted by molar-refractivity contribution is -0.139. The van der Waals surface area contributed by atoms with Crippen LogP contribution >= 0.6 is 27.5 Å². The molecule has 0 aromatic heterocycles. The average Bonchev–Trinajstić information content (AvgIpc) is 2.52. The Morgan fingerprint density at radius 2 is 2.00 bits per heavy atom. The molecule has 0 bridgehead atoms. The Morgan fingerprint density at radius 3 is 2.67 bits per heavy atom. The van der Waals surface area contributed by atoms with Gasteiger partial charge in [0, 0.05) is 21.6 Å². The van der Waals surface area contributed by atoms with E-state index in [9.17, 15) is 14.0 Å². The highest BCUT2D eigenvalue weighted by Gasteiger charge is 2.15. The Labute approximate surface area is 150 Å². The molecule has 5 nitrogen and oxygen atoms in total. The molecular weight excluding hydrogens is 405 g/mol. The van der Waals surface area contributed by atoms with Gasteiger partial charge < -0.3 is 15.2 Å². The van der Waals surface area contributed by atoms with Crippen LogP contribution in [0, 0.1) is 5.82 Å². The van der Waals surface area contributed by atoms with Gasteiger partial charge in [-0.3, -0.25) is 4.79 Å². The van der Waals surface area contributed by atoms with Gasteiger partial charge in [-0.15, -0.1) is 0 Å². The van der Waals surface area contributed by atoms with Crippen molar-refractivity contribution in [2.45, 2.75) is 6.54 Å². The zero-order valence-corrected chi connectivity index (χ0v) is 14.5. The Bertz CT molecular complexity index is 785. The number of halogens is 3. The summed E-state index contributed by atoms with van der Waals surface area (Å²) in [5.41, 5.74) is 0.378. The molecule has 2 aromatic rings. The summed E-state index contributed by atoms with van der Waals surface area (Å²) in [6.45, 7) is -0.633. The molecule has 24 heavy (non-hydrogen) atoms. The third-order valence-electron chi connectivity index (χ3n) is 2.99. The van der Waals surface area contributed by atoms with E-state index in [1.807, 2.05) is 0 Å². The number of carbonyl (C=O) groups is 2. The number of ether oxygens (including phenoxy) is 1. The van der Waals surface area contributed by atoms with Gasteiger partial charge in [0.25, 0.3) is 5.91 Å². The molecule has 0 aliphatic rings. The number of carboxylic acids is 1. The highest BCUT2D eigenvalue weighted by atomic mass is 79.9. The Kier molecular flexibility index (Phi) is 6.16. The second-order valence-electron chi connectivity index (χ2n) is 4.74. The summed E-state index contributed by atoms with van der Waals surface area (Å²) in [6.07, 6.45) is 0. The molecule has 0 atom stereocenters. The molecule has 0 heterocycles. The van der Waals surface area contributed by atoms with Crippen LogP contribution in [-0.4, -0.2) is 23.6 Å². The lowest BCUT2D eigenvalue weighted by Gasteiger charge is -2.11. The summed E-state index contributed by atoms with van der Waals surface area (Å²) in [7, 11) is 0. The van der Waals surface area contributed by atoms with Crippen LogP contribution in [0.5, 0.6) is 5.75 Å². The number of carbonyl (C=O) groups excluding carboxylic acids is 1. The fourth-order valence-corrected chi connectivity index (χ4v) is 2.39. The summed E-state index contributed by atoms with van der Waals surface area (Å²) in [5.74, 6) is -2.11. The first-order valence-corrected chi connectivity index (χ1v) is 7.90. The van der Waals surface area contributed by atoms with E-state index in [0.29, 0.717) is 10.0 Å². The fraction of sp³-hybridized carbons (Fsp3) is 0.125. The zero-order chi connectivity index (χ0) is 17.7. The molecule has 2 N–H and O–H groups in total. The Morgan fingerprint density at radius 1 is 1.25 bits per heavy atom. The van der Waals surface area contributed by atoms with Crippen molar-refractivity contribution in [2.24, 2.45) is 0 Å². The minimum Gasteiger partial charge on any atom is -0.481 e. The van der Waals surface area contributed by atoms with Gasteiger partial charge >= 0.3 is 5.97 Å². The van der Waals surface area contributed by atoms with Gasteiger partial charge in [-0.25, -0.2) is 9.18 Å². The monoisotopic (exact) mass is 415 g/mol. The standard InChI is InChI=1S/C16H12BrClFNO4/c17-10-2-1-9(13(19)5-10)7-20-16(23)12-6-11(18)3-4-14(12)24-8-15(21)22/h1-6H,7-8H2,(H,20,23)(H,21,22). The molecule has 0 unspecified atom stereocenters. The summed E-state index contributed by atoms with van der Waals surface area (Å²) in [4.78, 5) is 22.9. The van der Waals surface area contributed by atoms with E-state index < -0.39 is 24.3 Å². The quantitative estimate of drug-likeness (QED) is 0.754. The van der Waals surface area contributed by atoms with E-state index >= 15 is 0 Å². The largest absolute Gasteiger partial charge is 0.481 e. The van der Waals surface area contributed by atoms with E-state index in [1.165, 1.54) is 24.3 Å². The van der Waals surface area contributed by atoms with Crippen LogP contribution in [0.25, 0.3) is 0 Å². The second-order valence-corrected chi connectivity index (χ2v) is 6.09. The maximum absolute atomic E-state index is 13.8. The molecule has 1 amide bonds. The molecule has 2 aromatic carbocycles. The van der Waals surface area contributed by atoms with Crippen LogP contribution in [0.15, 0.2) is 40.9 Å². The lowest BCUT2D eigenvalue weighted by atomic mass is 10.1. The van der Waals surface area contributed by atoms with Crippen LogP contribution in [0.3, 0.4) is 0 Å². The van der Waals surface area contributed by atoms with E-state index in [4.69, 9.17) is 21.4 Å². The van der Waals surface area contributed by atoms with Gasteiger partial charge in [-0.1, -0.05) is 33.6 Å². The van der Waals surface area contributed by atoms with E-state index in [1.54, 1.807) is 12.1 Å². The first kappa shape index (κ1) is 18.2. The summed E-state index contributed by atoms with van der Waals surface area (Å²) in [6, 6.07) is 8.73. The summed E-state index contributed by atoms with van der Waals surface area (Å²) >= 11 is 9.02. The third-order valence-corrected chi connectivity index (χ3v) is 3.72. The Hall–Kier alpha value is -2.12. The van der Waals surface area contributed by atoms with Crippen molar-refractivity contribution in [1.29, 1.82) is 0 Å². The predicted octanol–water partition coefficient (Wildman–Crippen LogP) is 3.64. The van der Waals surface area contributed by atoms with Gasteiger partial charge in [-0.2, -0.15) is 0 Å². The molecule has 0 radical (unpaired) electrons. The molecule has 8 heteroatoms. The van der Waals surface area contributed by atoms with Crippen LogP contribution in [0.4, 0.5) is 4.39 Å². The molecular formula is C16H12BrClFNO4. The van der Waals surface area contributed by atoms with Crippen molar-refractivity contribution >= 4 is 39.4 Å². The molecule has 0 fully saturated rings. The molecule has 0 aliphatic heterocycles. The minimum absolute atomic E-state index is 0.0389. The van der Waals surface area contributed by atoms with Gasteiger partial charge in [-0.05, 0) is 30.3 Å². The van der Waals surface area contributed by atoms with E-state index in [-0.39, 0.29) is 22.9 Å². The first-order valence-electron chi connectivity index (χ1n) is 6.73. The highest BCUT2D eigenvalue weighted by molar-refractivity contribution is 9.10. The topological polar surface area (TPSA) is 75.6 Å². The van der Waals surface area contributed by atoms with Crippen molar-refractivity contribution in [1.82, 2.24) is 5.32 Å². The SMILES string of the molecule is O=C(O)COc1ccc(Cl)cc1C(=O)NCc1ccc(Br)cc1F. The number of hydrogen-bond acceptors (Lipinski definition) is 3. The smallest absolute Gasteiger partial charge is 0.341 e. The molecule has 0 saturated carbocycles. The Balaban J connectivity index is 2.13. The van der Waals surface area contributed by atoms with Crippen molar-refractivity contribution in [3.05, 3.63) is 62.8 Å². The summed E-state index contributed by atoms with van der Waals surface area (Å²) < 4.78 is 19.4. The maximum Gasteiger partial charge on any atom is 0.341 e. The number of aliphatic carboxylic acids is 1. The van der Waals surface area contributed by atoms with Crippen LogP contribution < -0.4 is 10.1 Å². The minimum atomic E-state index is -1.17. The average molecular weight is 417 g/mol. The van der Waals surface area contributed by atoms with Gasteiger partial charge in [0.15, 0.2) is 6.61 Å². The zero-order valence-electron chi connectivity index (χ0n) is 12.2. The number of hydrogen-bond donors (Lipinski definition) is 2. The highest BCUT2D eigenvalue weighted by Crippen LogP contribution is 2.23. The van der Waals surface area contributed by atoms with E-state index in [0.717, 1.165) is 0 Å². The van der Waals surface area contributed by atoms with Gasteiger partial charge in [0.1, 0.15) is 11.6 Å². The molecule has 0 aliphatic carbocycles. The second kappa shape index (κ2) is 8.12. The van der Waals surface area contributed by atoms with Crippen molar-refractivity contribution < 1.29 is 23.8 Å². The van der Waals surface area contributed by atoms with Crippen LogP contribution in [0.2, 0.25) is 5.02 Å². The van der Waals surface area contributed by atoms with Crippen molar-refractivity contribution in [2.75, 3.05) is 6.61 Å². The van der Waals surface area contributed by atoms with Crippen LogP contribution in [0.1, 0.15) is 15.9 Å². The van der Waals surface area contributed by atoms with Crippen molar-refractivity contribution in [3.63, 3.8) is 0 Å². The normalized spacial score (nSPS) is 10.3. The van der Waals surface area contributed by atoms with Crippen LogP contribution in [-0.2, 0) is 11.3 Å². The molecule has 2 rings (SSSR count). The van der Waals surface area contributed by atoms with E-state index in [2.05, 4.69) is 21.2 Å². The number of rotatable bonds is 6. The molecule has 0 saturated heterocycles. The van der Waals surface area contributed by atoms with Gasteiger partial charge in [0.2, 0.25) is 0 Å².